The topological polar surface area (TPSA) is 38.7 Å². The van der Waals surface area contributed by atoms with Gasteiger partial charge in [-0.1, -0.05) is 50.2 Å². The number of rotatable bonds is 4. The molecule has 3 nitrogen and oxygen atoms in total. The first-order valence-corrected chi connectivity index (χ1v) is 6.93. The van der Waals surface area contributed by atoms with Crippen LogP contribution in [0.3, 0.4) is 0 Å². The van der Waals surface area contributed by atoms with Gasteiger partial charge in [0.15, 0.2) is 0 Å². The maximum atomic E-state index is 9.58. The van der Waals surface area contributed by atoms with Gasteiger partial charge in [0, 0.05) is 0 Å². The van der Waals surface area contributed by atoms with Gasteiger partial charge in [0.05, 0.1) is 0 Å². The average Bonchev–Trinajstić information content (AvgIpc) is 2.43. The van der Waals surface area contributed by atoms with Crippen molar-refractivity contribution < 1.29 is 13.9 Å². The Kier molecular flexibility index (Phi) is 6.85. The van der Waals surface area contributed by atoms with Crippen LogP contribution in [0.2, 0.25) is 0 Å². The summed E-state index contributed by atoms with van der Waals surface area (Å²) in [7, 11) is -1.93. The summed E-state index contributed by atoms with van der Waals surface area (Å²) in [5.41, 5.74) is 0. The van der Waals surface area contributed by atoms with Gasteiger partial charge in [0.2, 0.25) is 0 Å². The van der Waals surface area contributed by atoms with Crippen LogP contribution in [0.1, 0.15) is 13.8 Å². The van der Waals surface area contributed by atoms with Crippen molar-refractivity contribution in [3.8, 4) is 11.5 Å². The molecule has 2 aromatic carbocycles. The molecule has 4 heteroatoms. The molecule has 0 heterocycles. The molecule has 0 saturated heterocycles. The fourth-order valence-corrected chi connectivity index (χ4v) is 1.80. The highest BCUT2D eigenvalue weighted by atomic mass is 31.2. The molecule has 0 atom stereocenters. The highest BCUT2D eigenvalue weighted by Crippen LogP contribution is 2.35. The molecule has 2 rings (SSSR count). The van der Waals surface area contributed by atoms with Crippen molar-refractivity contribution in [2.75, 3.05) is 0 Å². The molecule has 0 amide bonds. The van der Waals surface area contributed by atoms with Gasteiger partial charge in [-0.05, 0) is 24.3 Å². The molecule has 0 spiro atoms. The predicted octanol–water partition coefficient (Wildman–Crippen LogP) is 4.39. The average molecular weight is 264 g/mol. The standard InChI is InChI=1S/C12H11O3P.C2H6/c13-16(14-11-7-3-1-4-8-11)15-12-9-5-2-6-10-12;1-2/h1-10,13H;1-2H3. The fourth-order valence-electron chi connectivity index (χ4n) is 1.16. The number of benzene rings is 2. The quantitative estimate of drug-likeness (QED) is 0.832. The van der Waals surface area contributed by atoms with Crippen molar-refractivity contribution in [1.82, 2.24) is 0 Å². The predicted molar refractivity (Wildman–Crippen MR) is 74.6 cm³/mol. The lowest BCUT2D eigenvalue weighted by Gasteiger charge is -2.11. The van der Waals surface area contributed by atoms with Gasteiger partial charge in [0.1, 0.15) is 11.5 Å². The van der Waals surface area contributed by atoms with Crippen molar-refractivity contribution in [3.05, 3.63) is 60.7 Å². The lowest BCUT2D eigenvalue weighted by molar-refractivity contribution is 0.382. The van der Waals surface area contributed by atoms with E-state index >= 15 is 0 Å². The summed E-state index contributed by atoms with van der Waals surface area (Å²) in [5, 5.41) is 0. The van der Waals surface area contributed by atoms with Crippen LogP contribution in [-0.2, 0) is 0 Å². The van der Waals surface area contributed by atoms with Gasteiger partial charge in [-0.3, -0.25) is 0 Å². The van der Waals surface area contributed by atoms with Gasteiger partial charge >= 0.3 is 8.60 Å². The Morgan fingerprint density at radius 2 is 1.06 bits per heavy atom. The molecule has 0 fully saturated rings. The van der Waals surface area contributed by atoms with Crippen molar-refractivity contribution in [2.45, 2.75) is 13.8 Å². The van der Waals surface area contributed by atoms with E-state index in [0.717, 1.165) is 0 Å². The molecule has 0 radical (unpaired) electrons. The number of hydrogen-bond donors (Lipinski definition) is 1. The molecular weight excluding hydrogens is 247 g/mol. The maximum Gasteiger partial charge on any atom is 0.460 e. The maximum absolute atomic E-state index is 9.58. The molecule has 1 N–H and O–H groups in total. The zero-order chi connectivity index (χ0) is 13.2. The van der Waals surface area contributed by atoms with Crippen LogP contribution in [0.5, 0.6) is 11.5 Å². The smallest absolute Gasteiger partial charge is 0.418 e. The van der Waals surface area contributed by atoms with Crippen LogP contribution < -0.4 is 9.05 Å². The second-order valence-corrected chi connectivity index (χ2v) is 3.89. The molecule has 0 aliphatic carbocycles. The largest absolute Gasteiger partial charge is 0.460 e. The zero-order valence-corrected chi connectivity index (χ0v) is 11.4. The van der Waals surface area contributed by atoms with Crippen LogP contribution >= 0.6 is 8.60 Å². The van der Waals surface area contributed by atoms with Gasteiger partial charge < -0.3 is 13.9 Å². The Balaban J connectivity index is 0.000000771. The summed E-state index contributed by atoms with van der Waals surface area (Å²) in [6.45, 7) is 4.00. The molecule has 18 heavy (non-hydrogen) atoms. The molecule has 0 bridgehead atoms. The van der Waals surface area contributed by atoms with Gasteiger partial charge in [-0.2, -0.15) is 0 Å². The molecule has 96 valence electrons. The second-order valence-electron chi connectivity index (χ2n) is 3.05. The molecular formula is C14H17O3P. The van der Waals surface area contributed by atoms with E-state index in [0.29, 0.717) is 11.5 Å². The van der Waals surface area contributed by atoms with E-state index < -0.39 is 8.60 Å². The Hall–Kier alpha value is -1.57. The minimum Gasteiger partial charge on any atom is -0.418 e. The van der Waals surface area contributed by atoms with Crippen LogP contribution in [0.15, 0.2) is 60.7 Å². The molecule has 0 aliphatic rings. The van der Waals surface area contributed by atoms with Crippen LogP contribution in [0.25, 0.3) is 0 Å². The number of hydrogen-bond acceptors (Lipinski definition) is 3. The Morgan fingerprint density at radius 3 is 1.39 bits per heavy atom. The third kappa shape index (κ3) is 5.17. The first-order valence-electron chi connectivity index (χ1n) is 5.79. The summed E-state index contributed by atoms with van der Waals surface area (Å²) >= 11 is 0. The number of para-hydroxylation sites is 2. The van der Waals surface area contributed by atoms with Crippen molar-refractivity contribution in [1.29, 1.82) is 0 Å². The van der Waals surface area contributed by atoms with E-state index in [2.05, 4.69) is 0 Å². The summed E-state index contributed by atoms with van der Waals surface area (Å²) < 4.78 is 10.4. The Bertz CT molecular complexity index is 378. The Morgan fingerprint density at radius 1 is 0.722 bits per heavy atom. The molecule has 0 aliphatic heterocycles. The Labute approximate surface area is 109 Å². The molecule has 2 aromatic rings. The van der Waals surface area contributed by atoms with Gasteiger partial charge in [0.25, 0.3) is 0 Å². The van der Waals surface area contributed by atoms with Crippen molar-refractivity contribution >= 4 is 8.60 Å². The van der Waals surface area contributed by atoms with Crippen molar-refractivity contribution in [3.63, 3.8) is 0 Å². The highest BCUT2D eigenvalue weighted by Gasteiger charge is 2.10. The van der Waals surface area contributed by atoms with E-state index in [9.17, 15) is 4.89 Å². The summed E-state index contributed by atoms with van der Waals surface area (Å²) in [6.07, 6.45) is 0. The van der Waals surface area contributed by atoms with E-state index in [1.54, 1.807) is 24.3 Å². The summed E-state index contributed by atoms with van der Waals surface area (Å²) in [6, 6.07) is 18.2. The van der Waals surface area contributed by atoms with E-state index in [4.69, 9.17) is 9.05 Å². The lowest BCUT2D eigenvalue weighted by atomic mass is 10.3. The molecule has 0 unspecified atom stereocenters. The van der Waals surface area contributed by atoms with Crippen LogP contribution in [-0.4, -0.2) is 4.89 Å². The van der Waals surface area contributed by atoms with Crippen molar-refractivity contribution in [2.24, 2.45) is 0 Å². The van der Waals surface area contributed by atoms with Crippen LogP contribution in [0.4, 0.5) is 0 Å². The van der Waals surface area contributed by atoms with E-state index in [1.165, 1.54) is 0 Å². The molecule has 0 saturated carbocycles. The minimum atomic E-state index is -1.93. The molecule has 0 aromatic heterocycles. The fraction of sp³-hybridized carbons (Fsp3) is 0.143. The third-order valence-electron chi connectivity index (χ3n) is 1.85. The zero-order valence-electron chi connectivity index (χ0n) is 10.5. The first kappa shape index (κ1) is 14.5. The monoisotopic (exact) mass is 264 g/mol. The van der Waals surface area contributed by atoms with E-state index in [-0.39, 0.29) is 0 Å². The van der Waals surface area contributed by atoms with E-state index in [1.807, 2.05) is 50.2 Å². The second kappa shape index (κ2) is 8.51. The van der Waals surface area contributed by atoms with Crippen LogP contribution in [0, 0.1) is 0 Å². The normalized spacial score (nSPS) is 9.33. The third-order valence-corrected chi connectivity index (χ3v) is 2.59. The van der Waals surface area contributed by atoms with Gasteiger partial charge in [-0.15, -0.1) is 0 Å². The summed E-state index contributed by atoms with van der Waals surface area (Å²) in [5.74, 6) is 1.18. The first-order chi connectivity index (χ1) is 8.84. The highest BCUT2D eigenvalue weighted by molar-refractivity contribution is 7.41. The SMILES string of the molecule is CC.OP(Oc1ccccc1)Oc1ccccc1. The minimum absolute atomic E-state index is 0.590. The summed E-state index contributed by atoms with van der Waals surface area (Å²) in [4.78, 5) is 9.58. The lowest BCUT2D eigenvalue weighted by Crippen LogP contribution is -1.93. The van der Waals surface area contributed by atoms with Gasteiger partial charge in [-0.25, -0.2) is 0 Å².